The van der Waals surface area contributed by atoms with Crippen molar-refractivity contribution < 1.29 is 47.5 Å². The van der Waals surface area contributed by atoms with Crippen molar-refractivity contribution >= 4 is 13.8 Å². The van der Waals surface area contributed by atoms with E-state index in [9.17, 15) is 24.5 Å². The normalized spacial score (nSPS) is 15.3. The molecule has 0 fully saturated rings. The summed E-state index contributed by atoms with van der Waals surface area (Å²) in [6.07, 6.45) is 34.8. The maximum Gasteiger partial charge on any atom is 0.306 e. The van der Waals surface area contributed by atoms with Crippen LogP contribution in [-0.4, -0.2) is 93.1 Å². The third-order valence-electron chi connectivity index (χ3n) is 9.37. The van der Waals surface area contributed by atoms with Gasteiger partial charge in [-0.05, 0) is 51.4 Å². The van der Waals surface area contributed by atoms with Gasteiger partial charge < -0.3 is 38.1 Å². The first-order chi connectivity index (χ1) is 26.4. The lowest BCUT2D eigenvalue weighted by molar-refractivity contribution is -0.870. The van der Waals surface area contributed by atoms with Crippen molar-refractivity contribution in [2.75, 3.05) is 54.1 Å². The molecule has 55 heavy (non-hydrogen) atoms. The van der Waals surface area contributed by atoms with Gasteiger partial charge in [-0.25, -0.2) is 0 Å². The van der Waals surface area contributed by atoms with Gasteiger partial charge in [-0.2, -0.15) is 0 Å². The van der Waals surface area contributed by atoms with Gasteiger partial charge in [-0.1, -0.05) is 147 Å². The molecule has 0 aromatic carbocycles. The van der Waals surface area contributed by atoms with Crippen LogP contribution in [0.5, 0.6) is 0 Å². The lowest BCUT2D eigenvalue weighted by Gasteiger charge is -2.28. The van der Waals surface area contributed by atoms with Gasteiger partial charge in [-0.15, -0.1) is 0 Å². The number of aliphatic hydroxyl groups is 2. The smallest absolute Gasteiger partial charge is 0.306 e. The lowest BCUT2D eigenvalue weighted by Crippen LogP contribution is -2.37. The number of unbranched alkanes of at least 4 members (excludes halogenated alkanes) is 17. The summed E-state index contributed by atoms with van der Waals surface area (Å²) in [5.41, 5.74) is 0. The highest BCUT2D eigenvalue weighted by Gasteiger charge is 2.20. The molecule has 0 heterocycles. The van der Waals surface area contributed by atoms with Gasteiger partial charge in [0, 0.05) is 13.0 Å². The molecule has 0 bridgehead atoms. The molecule has 0 radical (unpaired) electrons. The van der Waals surface area contributed by atoms with E-state index in [-0.39, 0.29) is 26.2 Å². The number of hydrogen-bond acceptors (Lipinski definition) is 9. The Morgan fingerprint density at radius 3 is 1.71 bits per heavy atom. The number of phosphoric ester groups is 1. The van der Waals surface area contributed by atoms with Crippen molar-refractivity contribution in [3.63, 3.8) is 0 Å². The second kappa shape index (κ2) is 36.9. The van der Waals surface area contributed by atoms with Gasteiger partial charge in [0.25, 0.3) is 7.82 Å². The predicted octanol–water partition coefficient (Wildman–Crippen LogP) is 9.92. The van der Waals surface area contributed by atoms with Crippen LogP contribution in [0.3, 0.4) is 0 Å². The number of nitrogens with zero attached hydrogens (tertiary/aromatic N) is 1. The van der Waals surface area contributed by atoms with Gasteiger partial charge in [-0.3, -0.25) is 9.36 Å². The summed E-state index contributed by atoms with van der Waals surface area (Å²) >= 11 is 0. The zero-order valence-corrected chi connectivity index (χ0v) is 36.7. The number of ether oxygens (including phenoxy) is 2. The standard InChI is InChI=1S/C44H84NO9P/c1-6-8-10-12-14-15-16-17-18-19-20-24-28-32-37-51-39-41(40-53-55(49,50)52-38-36-45(3,4)5)54-44(48)35-31-27-23-21-22-26-30-34-43(47)42(46)33-29-25-13-11-9-7-2/h21,23,25-26,29-30,41-43,46-47H,6-20,22,24,27-28,31-40H2,1-5H3/b23-21-,29-25+,30-26-. The average molecular weight is 802 g/mol. The largest absolute Gasteiger partial charge is 0.756 e. The van der Waals surface area contributed by atoms with E-state index in [2.05, 4.69) is 19.9 Å². The van der Waals surface area contributed by atoms with Gasteiger partial charge in [0.15, 0.2) is 0 Å². The molecular formula is C44H84NO9P. The summed E-state index contributed by atoms with van der Waals surface area (Å²) in [6.45, 7) is 5.12. The van der Waals surface area contributed by atoms with E-state index < -0.39 is 32.1 Å². The highest BCUT2D eigenvalue weighted by Crippen LogP contribution is 2.38. The van der Waals surface area contributed by atoms with E-state index in [1.165, 1.54) is 89.9 Å². The molecule has 2 N–H and O–H groups in total. The fourth-order valence-corrected chi connectivity index (χ4v) is 6.51. The van der Waals surface area contributed by atoms with Gasteiger partial charge in [0.1, 0.15) is 19.3 Å². The molecule has 0 amide bonds. The fourth-order valence-electron chi connectivity index (χ4n) is 5.78. The number of likely N-dealkylation sites (N-methyl/N-ethyl adjacent to an activating group) is 1. The third kappa shape index (κ3) is 39.3. The molecule has 10 nitrogen and oxygen atoms in total. The highest BCUT2D eigenvalue weighted by atomic mass is 31.2. The van der Waals surface area contributed by atoms with Crippen LogP contribution < -0.4 is 4.89 Å². The minimum atomic E-state index is -4.56. The van der Waals surface area contributed by atoms with Crippen molar-refractivity contribution in [3.8, 4) is 0 Å². The molecule has 0 aromatic rings. The first kappa shape index (κ1) is 53.6. The molecule has 0 saturated heterocycles. The number of rotatable bonds is 40. The van der Waals surface area contributed by atoms with Crippen LogP contribution in [0.4, 0.5) is 0 Å². The second-order valence-electron chi connectivity index (χ2n) is 16.0. The Hall–Kier alpha value is -1.36. The Labute approximate surface area is 337 Å². The maximum absolute atomic E-state index is 12.7. The average Bonchev–Trinajstić information content (AvgIpc) is 3.13. The molecule has 0 spiro atoms. The van der Waals surface area contributed by atoms with Crippen LogP contribution in [0.15, 0.2) is 36.5 Å². The minimum absolute atomic E-state index is 0.00410. The number of esters is 1. The molecule has 0 rings (SSSR count). The van der Waals surface area contributed by atoms with E-state index in [1.54, 1.807) is 0 Å². The van der Waals surface area contributed by atoms with Crippen LogP contribution in [-0.2, 0) is 27.9 Å². The van der Waals surface area contributed by atoms with Crippen molar-refractivity contribution in [1.29, 1.82) is 0 Å². The third-order valence-corrected chi connectivity index (χ3v) is 10.3. The quantitative estimate of drug-likeness (QED) is 0.0204. The van der Waals surface area contributed by atoms with Crippen molar-refractivity contribution in [1.82, 2.24) is 0 Å². The van der Waals surface area contributed by atoms with Crippen LogP contribution in [0.1, 0.15) is 168 Å². The zero-order valence-electron chi connectivity index (χ0n) is 35.8. The number of allylic oxidation sites excluding steroid dienone is 4. The number of phosphoric acid groups is 1. The molecule has 324 valence electrons. The maximum atomic E-state index is 12.7. The Morgan fingerprint density at radius 2 is 1.13 bits per heavy atom. The first-order valence-corrected chi connectivity index (χ1v) is 23.3. The molecule has 11 heteroatoms. The number of quaternary nitrogens is 1. The summed E-state index contributed by atoms with van der Waals surface area (Å²) in [4.78, 5) is 25.0. The molecule has 0 aliphatic carbocycles. The van der Waals surface area contributed by atoms with E-state index in [0.717, 1.165) is 25.7 Å². The first-order valence-electron chi connectivity index (χ1n) is 21.9. The topological polar surface area (TPSA) is 135 Å². The summed E-state index contributed by atoms with van der Waals surface area (Å²) in [5, 5.41) is 20.3. The van der Waals surface area contributed by atoms with E-state index in [1.807, 2.05) is 51.5 Å². The Kier molecular flexibility index (Phi) is 36.0. The van der Waals surface area contributed by atoms with E-state index in [4.69, 9.17) is 18.5 Å². The van der Waals surface area contributed by atoms with Crippen LogP contribution in [0.25, 0.3) is 0 Å². The summed E-state index contributed by atoms with van der Waals surface area (Å²) < 4.78 is 34.4. The summed E-state index contributed by atoms with van der Waals surface area (Å²) in [5.74, 6) is -0.433. The Morgan fingerprint density at radius 1 is 0.636 bits per heavy atom. The monoisotopic (exact) mass is 802 g/mol. The number of carbonyl (C=O) groups excluding carboxylic acids is 1. The predicted molar refractivity (Wildman–Crippen MR) is 225 cm³/mol. The highest BCUT2D eigenvalue weighted by molar-refractivity contribution is 7.45. The number of carbonyl (C=O) groups is 1. The van der Waals surface area contributed by atoms with Crippen LogP contribution in [0, 0.1) is 0 Å². The fraction of sp³-hybridized carbons (Fsp3) is 0.841. The molecule has 0 aromatic heterocycles. The Balaban J connectivity index is 4.44. The molecule has 0 aliphatic rings. The number of aliphatic hydroxyl groups excluding tert-OH is 2. The van der Waals surface area contributed by atoms with Gasteiger partial charge >= 0.3 is 5.97 Å². The Bertz CT molecular complexity index is 1010. The van der Waals surface area contributed by atoms with Crippen molar-refractivity contribution in [2.24, 2.45) is 0 Å². The zero-order chi connectivity index (χ0) is 40.9. The van der Waals surface area contributed by atoms with Crippen LogP contribution >= 0.6 is 7.82 Å². The molecule has 0 saturated carbocycles. The summed E-state index contributed by atoms with van der Waals surface area (Å²) in [7, 11) is 1.25. The van der Waals surface area contributed by atoms with Crippen molar-refractivity contribution in [3.05, 3.63) is 36.5 Å². The molecule has 0 aliphatic heterocycles. The second-order valence-corrected chi connectivity index (χ2v) is 17.4. The molecule has 4 unspecified atom stereocenters. The minimum Gasteiger partial charge on any atom is -0.756 e. The van der Waals surface area contributed by atoms with Crippen molar-refractivity contribution in [2.45, 2.75) is 186 Å². The molecule has 4 atom stereocenters. The van der Waals surface area contributed by atoms with Gasteiger partial charge in [0.05, 0.1) is 46.6 Å². The molecular weight excluding hydrogens is 717 g/mol. The SMILES string of the molecule is CCCCC/C=C/CC(O)C(O)C/C=C\C/C=C\CCCC(=O)OC(COCCCCCCCCCCCCCCCC)COP(=O)([O-])OCC[N+](C)(C)C. The van der Waals surface area contributed by atoms with Crippen LogP contribution in [0.2, 0.25) is 0 Å². The van der Waals surface area contributed by atoms with Gasteiger partial charge in [0.2, 0.25) is 0 Å². The lowest BCUT2D eigenvalue weighted by atomic mass is 10.0. The van der Waals surface area contributed by atoms with E-state index >= 15 is 0 Å². The summed E-state index contributed by atoms with van der Waals surface area (Å²) in [6, 6.07) is 0. The number of hydrogen-bond donors (Lipinski definition) is 2. The van der Waals surface area contributed by atoms with E-state index in [0.29, 0.717) is 49.7 Å².